The molecule has 3 aliphatic heterocycles. The van der Waals surface area contributed by atoms with Crippen LogP contribution in [0.3, 0.4) is 0 Å². The lowest BCUT2D eigenvalue weighted by Gasteiger charge is -2.34. The van der Waals surface area contributed by atoms with E-state index in [0.717, 1.165) is 30.6 Å². The number of piperidine rings is 2. The number of sulfonamides is 1. The number of rotatable bonds is 4. The van der Waals surface area contributed by atoms with Crippen molar-refractivity contribution in [3.8, 4) is 0 Å². The zero-order valence-electron chi connectivity index (χ0n) is 15.5. The highest BCUT2D eigenvalue weighted by molar-refractivity contribution is 7.91. The maximum atomic E-state index is 12.8. The molecule has 2 N–H and O–H groups in total. The predicted molar refractivity (Wildman–Crippen MR) is 109 cm³/mol. The average molecular weight is 434 g/mol. The molecular formula is C18H28ClN3O3S2. The van der Waals surface area contributed by atoms with Gasteiger partial charge in [-0.3, -0.25) is 4.79 Å². The van der Waals surface area contributed by atoms with E-state index in [1.807, 2.05) is 13.0 Å². The summed E-state index contributed by atoms with van der Waals surface area (Å²) in [6.45, 7) is 2.70. The van der Waals surface area contributed by atoms with Gasteiger partial charge in [-0.05, 0) is 57.6 Å². The van der Waals surface area contributed by atoms with Crippen molar-refractivity contribution in [2.75, 3.05) is 13.1 Å². The van der Waals surface area contributed by atoms with Gasteiger partial charge in [0.15, 0.2) is 0 Å². The summed E-state index contributed by atoms with van der Waals surface area (Å²) in [5, 5.41) is 6.79. The summed E-state index contributed by atoms with van der Waals surface area (Å²) >= 11 is 1.30. The molecule has 0 saturated carbocycles. The summed E-state index contributed by atoms with van der Waals surface area (Å²) in [6, 6.07) is 4.79. The SMILES string of the molecule is Cc1ccc(S(=O)(=O)N2CCCC(C(=O)NC3CC4CCC(C3)N4)C2)s1.Cl. The van der Waals surface area contributed by atoms with Crippen LogP contribution in [0.4, 0.5) is 0 Å². The fourth-order valence-corrected chi connectivity index (χ4v) is 7.51. The lowest BCUT2D eigenvalue weighted by Crippen LogP contribution is -2.51. The number of amides is 1. The van der Waals surface area contributed by atoms with E-state index in [1.54, 1.807) is 6.07 Å². The average Bonchev–Trinajstić information content (AvgIpc) is 3.21. The van der Waals surface area contributed by atoms with Crippen LogP contribution < -0.4 is 10.6 Å². The first-order chi connectivity index (χ1) is 12.4. The second kappa shape index (κ2) is 8.37. The number of nitrogens with zero attached hydrogens (tertiary/aromatic N) is 1. The second-order valence-electron chi connectivity index (χ2n) is 7.88. The third-order valence-electron chi connectivity index (χ3n) is 5.88. The maximum Gasteiger partial charge on any atom is 0.252 e. The number of halogens is 1. The van der Waals surface area contributed by atoms with E-state index in [0.29, 0.717) is 29.4 Å². The Hall–Kier alpha value is -0.670. The van der Waals surface area contributed by atoms with Gasteiger partial charge in [-0.15, -0.1) is 23.7 Å². The Morgan fingerprint density at radius 1 is 1.22 bits per heavy atom. The fraction of sp³-hybridized carbons (Fsp3) is 0.722. The molecule has 152 valence electrons. The number of nitrogens with one attached hydrogen (secondary N) is 2. The zero-order chi connectivity index (χ0) is 18.3. The number of fused-ring (bicyclic) bond motifs is 2. The van der Waals surface area contributed by atoms with Crippen molar-refractivity contribution in [1.29, 1.82) is 0 Å². The first-order valence-electron chi connectivity index (χ1n) is 9.55. The smallest absolute Gasteiger partial charge is 0.252 e. The number of carbonyl (C=O) groups excluding carboxylic acids is 1. The Bertz CT molecular complexity index is 771. The molecule has 1 aromatic heterocycles. The quantitative estimate of drug-likeness (QED) is 0.763. The molecule has 6 nitrogen and oxygen atoms in total. The number of hydrogen-bond donors (Lipinski definition) is 2. The van der Waals surface area contributed by atoms with Crippen LogP contribution >= 0.6 is 23.7 Å². The Balaban J connectivity index is 0.00000210. The Labute approximate surface area is 171 Å². The van der Waals surface area contributed by atoms with E-state index < -0.39 is 10.0 Å². The van der Waals surface area contributed by atoms with Gasteiger partial charge in [0.25, 0.3) is 10.0 Å². The molecule has 3 atom stereocenters. The van der Waals surface area contributed by atoms with Gasteiger partial charge in [0.2, 0.25) is 5.91 Å². The van der Waals surface area contributed by atoms with E-state index in [2.05, 4.69) is 10.6 Å². The minimum atomic E-state index is -3.49. The summed E-state index contributed by atoms with van der Waals surface area (Å²) in [5.41, 5.74) is 0. The largest absolute Gasteiger partial charge is 0.353 e. The van der Waals surface area contributed by atoms with Crippen LogP contribution in [0.25, 0.3) is 0 Å². The van der Waals surface area contributed by atoms with Crippen LogP contribution in [-0.2, 0) is 14.8 Å². The van der Waals surface area contributed by atoms with Crippen molar-refractivity contribution in [2.24, 2.45) is 5.92 Å². The van der Waals surface area contributed by atoms with Crippen molar-refractivity contribution < 1.29 is 13.2 Å². The summed E-state index contributed by atoms with van der Waals surface area (Å²) in [4.78, 5) is 13.7. The molecule has 27 heavy (non-hydrogen) atoms. The molecular weight excluding hydrogens is 406 g/mol. The van der Waals surface area contributed by atoms with Crippen LogP contribution in [-0.4, -0.2) is 49.8 Å². The first-order valence-corrected chi connectivity index (χ1v) is 11.8. The third kappa shape index (κ3) is 4.50. The van der Waals surface area contributed by atoms with Gasteiger partial charge in [-0.2, -0.15) is 4.31 Å². The van der Waals surface area contributed by atoms with Crippen molar-refractivity contribution in [2.45, 2.75) is 67.8 Å². The number of aryl methyl sites for hydroxylation is 1. The highest BCUT2D eigenvalue weighted by atomic mass is 35.5. The Morgan fingerprint density at radius 2 is 1.93 bits per heavy atom. The van der Waals surface area contributed by atoms with Crippen molar-refractivity contribution in [1.82, 2.24) is 14.9 Å². The molecule has 4 heterocycles. The molecule has 0 spiro atoms. The topological polar surface area (TPSA) is 78.5 Å². The number of thiophene rings is 1. The van der Waals surface area contributed by atoms with Gasteiger partial charge in [0.05, 0.1) is 5.92 Å². The van der Waals surface area contributed by atoms with Gasteiger partial charge in [-0.25, -0.2) is 8.42 Å². The van der Waals surface area contributed by atoms with E-state index in [-0.39, 0.29) is 30.3 Å². The summed E-state index contributed by atoms with van der Waals surface area (Å²) < 4.78 is 27.6. The van der Waals surface area contributed by atoms with Gasteiger partial charge in [0.1, 0.15) is 4.21 Å². The molecule has 1 amide bonds. The summed E-state index contributed by atoms with van der Waals surface area (Å²) in [5.74, 6) is -0.217. The third-order valence-corrected chi connectivity index (χ3v) is 9.22. The van der Waals surface area contributed by atoms with Crippen molar-refractivity contribution in [3.63, 3.8) is 0 Å². The molecule has 0 aromatic carbocycles. The summed E-state index contributed by atoms with van der Waals surface area (Å²) in [6.07, 6.45) is 5.88. The molecule has 0 radical (unpaired) electrons. The Morgan fingerprint density at radius 3 is 2.56 bits per heavy atom. The van der Waals surface area contributed by atoms with Crippen molar-refractivity contribution >= 4 is 39.7 Å². The molecule has 4 rings (SSSR count). The molecule has 3 aliphatic rings. The second-order valence-corrected chi connectivity index (χ2v) is 11.3. The number of hydrogen-bond acceptors (Lipinski definition) is 5. The van der Waals surface area contributed by atoms with E-state index in [9.17, 15) is 13.2 Å². The molecule has 2 bridgehead atoms. The van der Waals surface area contributed by atoms with Crippen LogP contribution in [0.2, 0.25) is 0 Å². The van der Waals surface area contributed by atoms with Gasteiger partial charge < -0.3 is 10.6 Å². The van der Waals surface area contributed by atoms with E-state index in [4.69, 9.17) is 0 Å². The number of carbonyl (C=O) groups is 1. The van der Waals surface area contributed by atoms with Crippen LogP contribution in [0.1, 0.15) is 43.4 Å². The lowest BCUT2D eigenvalue weighted by molar-refractivity contribution is -0.127. The molecule has 3 fully saturated rings. The zero-order valence-corrected chi connectivity index (χ0v) is 18.0. The van der Waals surface area contributed by atoms with Gasteiger partial charge in [0, 0.05) is 36.1 Å². The summed E-state index contributed by atoms with van der Waals surface area (Å²) in [7, 11) is -3.49. The van der Waals surface area contributed by atoms with Gasteiger partial charge in [-0.1, -0.05) is 0 Å². The standard InChI is InChI=1S/C18H27N3O3S2.ClH/c1-12-4-7-17(25-12)26(23,24)21-8-2-3-13(11-21)18(22)20-16-9-14-5-6-15(10-16)19-14;/h4,7,13-16,19H,2-3,5-6,8-11H2,1H3,(H,20,22);1H. The Kier molecular flexibility index (Phi) is 6.52. The highest BCUT2D eigenvalue weighted by Gasteiger charge is 2.37. The molecule has 3 saturated heterocycles. The molecule has 3 unspecified atom stereocenters. The molecule has 0 aliphatic carbocycles. The van der Waals surface area contributed by atoms with E-state index in [1.165, 1.54) is 28.5 Å². The minimum Gasteiger partial charge on any atom is -0.353 e. The van der Waals surface area contributed by atoms with Gasteiger partial charge >= 0.3 is 0 Å². The fourth-order valence-electron chi connectivity index (χ4n) is 4.55. The predicted octanol–water partition coefficient (Wildman–Crippen LogP) is 2.28. The maximum absolute atomic E-state index is 12.8. The van der Waals surface area contributed by atoms with Crippen LogP contribution in [0, 0.1) is 12.8 Å². The monoisotopic (exact) mass is 433 g/mol. The lowest BCUT2D eigenvalue weighted by atomic mass is 9.95. The first kappa shape index (κ1) is 21.0. The minimum absolute atomic E-state index is 0. The normalized spacial score (nSPS) is 31.3. The molecule has 9 heteroatoms. The van der Waals surface area contributed by atoms with Crippen LogP contribution in [0.15, 0.2) is 16.3 Å². The highest BCUT2D eigenvalue weighted by Crippen LogP contribution is 2.30. The van der Waals surface area contributed by atoms with E-state index >= 15 is 0 Å². The van der Waals surface area contributed by atoms with Crippen LogP contribution in [0.5, 0.6) is 0 Å². The van der Waals surface area contributed by atoms with Crippen molar-refractivity contribution in [3.05, 3.63) is 17.0 Å². The molecule has 1 aromatic rings.